The smallest absolute Gasteiger partial charge is 0.211 e. The summed E-state index contributed by atoms with van der Waals surface area (Å²) < 4.78 is 0. The molecule has 0 aliphatic rings. The molecule has 0 fully saturated rings. The summed E-state index contributed by atoms with van der Waals surface area (Å²) in [5.41, 5.74) is 0.924. The Morgan fingerprint density at radius 3 is 2.56 bits per heavy atom. The van der Waals surface area contributed by atoms with Crippen LogP contribution in [0.5, 0.6) is 0 Å². The Morgan fingerprint density at radius 2 is 2.06 bits per heavy atom. The number of nitriles is 1. The van der Waals surface area contributed by atoms with Crippen molar-refractivity contribution in [1.29, 1.82) is 5.26 Å². The molecule has 0 radical (unpaired) electrons. The lowest BCUT2D eigenvalue weighted by Crippen LogP contribution is -2.16. The Hall–Kier alpha value is -2.15. The van der Waals surface area contributed by atoms with Gasteiger partial charge in [0.05, 0.1) is 11.5 Å². The van der Waals surface area contributed by atoms with E-state index in [1.165, 1.54) is 0 Å². The highest BCUT2D eigenvalue weighted by Crippen LogP contribution is 2.29. The van der Waals surface area contributed by atoms with Gasteiger partial charge in [0.25, 0.3) is 0 Å². The van der Waals surface area contributed by atoms with Gasteiger partial charge in [0.2, 0.25) is 6.41 Å². The molecule has 0 aliphatic heterocycles. The first kappa shape index (κ1) is 11.9. The van der Waals surface area contributed by atoms with Gasteiger partial charge in [-0.15, -0.1) is 0 Å². The molecule has 1 aromatic rings. The predicted molar refractivity (Wildman–Crippen MR) is 60.2 cm³/mol. The molecule has 4 heteroatoms. The maximum atomic E-state index is 10.6. The third-order valence-corrected chi connectivity index (χ3v) is 2.35. The summed E-state index contributed by atoms with van der Waals surface area (Å²) in [6.45, 7) is 3.50. The zero-order chi connectivity index (χ0) is 12.2. The van der Waals surface area contributed by atoms with Crippen molar-refractivity contribution >= 4 is 18.4 Å². The minimum absolute atomic E-state index is 0.460. The third-order valence-electron chi connectivity index (χ3n) is 2.35. The molecule has 1 N–H and O–H groups in total. The first-order valence-electron chi connectivity index (χ1n) is 4.76. The SMILES string of the molecule is CC(C)(C#N)c1ccc(C=O)cc1NC=O. The first-order valence-corrected chi connectivity index (χ1v) is 4.76. The average molecular weight is 216 g/mol. The highest BCUT2D eigenvalue weighted by molar-refractivity contribution is 5.82. The van der Waals surface area contributed by atoms with Gasteiger partial charge in [-0.1, -0.05) is 12.1 Å². The number of hydrogen-bond acceptors (Lipinski definition) is 3. The van der Waals surface area contributed by atoms with Crippen LogP contribution in [0.1, 0.15) is 29.8 Å². The van der Waals surface area contributed by atoms with Crippen LogP contribution in [0.2, 0.25) is 0 Å². The molecule has 1 amide bonds. The number of nitrogens with zero attached hydrogens (tertiary/aromatic N) is 1. The quantitative estimate of drug-likeness (QED) is 0.781. The minimum atomic E-state index is -0.716. The van der Waals surface area contributed by atoms with Crippen LogP contribution < -0.4 is 5.32 Å². The lowest BCUT2D eigenvalue weighted by molar-refractivity contribution is -0.105. The molecule has 0 spiro atoms. The fourth-order valence-corrected chi connectivity index (χ4v) is 1.42. The Bertz CT molecular complexity index is 459. The maximum absolute atomic E-state index is 10.6. The van der Waals surface area contributed by atoms with Gasteiger partial charge in [-0.3, -0.25) is 9.59 Å². The van der Waals surface area contributed by atoms with E-state index in [0.717, 1.165) is 0 Å². The number of carbonyl (C=O) groups is 2. The van der Waals surface area contributed by atoms with Gasteiger partial charge in [0.15, 0.2) is 0 Å². The molecule has 16 heavy (non-hydrogen) atoms. The van der Waals surface area contributed by atoms with Gasteiger partial charge in [0.1, 0.15) is 6.29 Å². The molecule has 0 saturated heterocycles. The van der Waals surface area contributed by atoms with Crippen molar-refractivity contribution in [2.45, 2.75) is 19.3 Å². The summed E-state index contributed by atoms with van der Waals surface area (Å²) in [6, 6.07) is 7.00. The van der Waals surface area contributed by atoms with Crippen molar-refractivity contribution in [1.82, 2.24) is 0 Å². The molecule has 82 valence electrons. The number of carbonyl (C=O) groups excluding carboxylic acids is 2. The molecule has 0 aliphatic carbocycles. The fourth-order valence-electron chi connectivity index (χ4n) is 1.42. The van der Waals surface area contributed by atoms with Crippen molar-refractivity contribution in [2.24, 2.45) is 0 Å². The van der Waals surface area contributed by atoms with E-state index in [1.807, 2.05) is 0 Å². The summed E-state index contributed by atoms with van der Waals surface area (Å²) in [5.74, 6) is 0. The summed E-state index contributed by atoms with van der Waals surface area (Å²) in [6.07, 6.45) is 1.22. The first-order chi connectivity index (χ1) is 7.55. The molecule has 0 aromatic heterocycles. The summed E-state index contributed by atoms with van der Waals surface area (Å²) in [5, 5.41) is 11.5. The number of benzene rings is 1. The number of anilines is 1. The van der Waals surface area contributed by atoms with Crippen LogP contribution >= 0.6 is 0 Å². The molecule has 1 rings (SSSR count). The van der Waals surface area contributed by atoms with Crippen LogP contribution in [0, 0.1) is 11.3 Å². The van der Waals surface area contributed by atoms with Gasteiger partial charge in [-0.2, -0.15) is 5.26 Å². The van der Waals surface area contributed by atoms with E-state index in [9.17, 15) is 9.59 Å². The van der Waals surface area contributed by atoms with Crippen LogP contribution in [0.3, 0.4) is 0 Å². The topological polar surface area (TPSA) is 70.0 Å². The number of aldehydes is 1. The summed E-state index contributed by atoms with van der Waals surface area (Å²) >= 11 is 0. The van der Waals surface area contributed by atoms with Crippen molar-refractivity contribution < 1.29 is 9.59 Å². The standard InChI is InChI=1S/C12H12N2O2/c1-12(2,7-13)10-4-3-9(6-15)5-11(10)14-8-16/h3-6,8H,1-2H3,(H,14,16). The van der Waals surface area contributed by atoms with Crippen molar-refractivity contribution in [3.8, 4) is 6.07 Å². The van der Waals surface area contributed by atoms with Crippen molar-refractivity contribution in [2.75, 3.05) is 5.32 Å². The predicted octanol–water partition coefficient (Wildman–Crippen LogP) is 1.87. The maximum Gasteiger partial charge on any atom is 0.211 e. The second kappa shape index (κ2) is 4.58. The molecule has 0 unspecified atom stereocenters. The van der Waals surface area contributed by atoms with Gasteiger partial charge in [0, 0.05) is 11.3 Å². The normalized spacial score (nSPS) is 10.3. The largest absolute Gasteiger partial charge is 0.328 e. The molecule has 4 nitrogen and oxygen atoms in total. The number of rotatable bonds is 4. The van der Waals surface area contributed by atoms with Gasteiger partial charge < -0.3 is 5.32 Å². The van der Waals surface area contributed by atoms with E-state index in [1.54, 1.807) is 32.0 Å². The molecule has 0 heterocycles. The molecular weight excluding hydrogens is 204 g/mol. The van der Waals surface area contributed by atoms with E-state index >= 15 is 0 Å². The lowest BCUT2D eigenvalue weighted by Gasteiger charge is -2.19. The number of nitrogens with one attached hydrogen (secondary N) is 1. The highest BCUT2D eigenvalue weighted by atomic mass is 16.1. The van der Waals surface area contributed by atoms with Crippen LogP contribution in [-0.2, 0) is 10.2 Å². The Morgan fingerprint density at radius 1 is 1.38 bits per heavy atom. The lowest BCUT2D eigenvalue weighted by atomic mass is 9.84. The van der Waals surface area contributed by atoms with E-state index in [2.05, 4.69) is 11.4 Å². The second-order valence-electron chi connectivity index (χ2n) is 3.92. The van der Waals surface area contributed by atoms with Crippen LogP contribution in [0.25, 0.3) is 0 Å². The zero-order valence-electron chi connectivity index (χ0n) is 9.15. The zero-order valence-corrected chi connectivity index (χ0v) is 9.15. The minimum Gasteiger partial charge on any atom is -0.328 e. The average Bonchev–Trinajstić information content (AvgIpc) is 2.29. The summed E-state index contributed by atoms with van der Waals surface area (Å²) in [4.78, 5) is 21.1. The molecule has 0 saturated carbocycles. The van der Waals surface area contributed by atoms with E-state index in [0.29, 0.717) is 29.5 Å². The fraction of sp³-hybridized carbons (Fsp3) is 0.250. The molecule has 0 atom stereocenters. The van der Waals surface area contributed by atoms with Gasteiger partial charge >= 0.3 is 0 Å². The molecule has 1 aromatic carbocycles. The highest BCUT2D eigenvalue weighted by Gasteiger charge is 2.23. The summed E-state index contributed by atoms with van der Waals surface area (Å²) in [7, 11) is 0. The van der Waals surface area contributed by atoms with E-state index in [-0.39, 0.29) is 0 Å². The Labute approximate surface area is 93.9 Å². The monoisotopic (exact) mass is 216 g/mol. The van der Waals surface area contributed by atoms with E-state index < -0.39 is 5.41 Å². The van der Waals surface area contributed by atoms with Crippen LogP contribution in [0.15, 0.2) is 18.2 Å². The second-order valence-corrected chi connectivity index (χ2v) is 3.92. The van der Waals surface area contributed by atoms with Crippen molar-refractivity contribution in [3.05, 3.63) is 29.3 Å². The van der Waals surface area contributed by atoms with Crippen molar-refractivity contribution in [3.63, 3.8) is 0 Å². The Kier molecular flexibility index (Phi) is 3.41. The van der Waals surface area contributed by atoms with Gasteiger partial charge in [-0.05, 0) is 25.5 Å². The van der Waals surface area contributed by atoms with Gasteiger partial charge in [-0.25, -0.2) is 0 Å². The third kappa shape index (κ3) is 2.26. The number of amides is 1. The molecular formula is C12H12N2O2. The van der Waals surface area contributed by atoms with E-state index in [4.69, 9.17) is 5.26 Å². The Balaban J connectivity index is 3.34. The van der Waals surface area contributed by atoms with Crippen LogP contribution in [-0.4, -0.2) is 12.7 Å². The number of hydrogen-bond donors (Lipinski definition) is 1. The van der Waals surface area contributed by atoms with Crippen LogP contribution in [0.4, 0.5) is 5.69 Å². The molecule has 0 bridgehead atoms.